The average molecular weight is 1720 g/mol. The van der Waals surface area contributed by atoms with Gasteiger partial charge in [-0.1, -0.05) is 345 Å². The summed E-state index contributed by atoms with van der Waals surface area (Å²) >= 11 is 0. The van der Waals surface area contributed by atoms with Crippen molar-refractivity contribution in [1.29, 1.82) is 0 Å². The zero-order valence-corrected chi connectivity index (χ0v) is 70.9. The maximum atomic E-state index is 12.5. The fraction of sp³-hybridized carbons (Fsp3) is 0.346. The molecule has 4 saturated heterocycles. The Labute approximate surface area is 742 Å². The van der Waals surface area contributed by atoms with Crippen molar-refractivity contribution < 1.29 is 95.1 Å². The number of rotatable bonds is 47. The highest BCUT2D eigenvalue weighted by Gasteiger charge is 2.59. The van der Waals surface area contributed by atoms with Gasteiger partial charge in [0.2, 0.25) is 0 Å². The zero-order valence-electron chi connectivity index (χ0n) is 70.9. The quantitative estimate of drug-likeness (QED) is 0.0161. The van der Waals surface area contributed by atoms with Crippen LogP contribution in [0.25, 0.3) is 10.4 Å². The molecule has 20 atom stereocenters. The molecule has 0 bridgehead atoms. The van der Waals surface area contributed by atoms with Crippen LogP contribution in [0.4, 0.5) is 0 Å². The third kappa shape index (κ3) is 26.7. The van der Waals surface area contributed by atoms with Crippen LogP contribution in [0.3, 0.4) is 0 Å². The molecule has 23 heteroatoms. The number of aliphatic hydroxyl groups excluding tert-OH is 1. The topological polar surface area (TPSA) is 244 Å². The van der Waals surface area contributed by atoms with Crippen LogP contribution >= 0.6 is 0 Å². The second kappa shape index (κ2) is 49.3. The molecule has 4 aliphatic heterocycles. The maximum Gasteiger partial charge on any atom is 0.187 e. The van der Waals surface area contributed by atoms with E-state index in [9.17, 15) is 10.6 Å². The number of hydrogen-bond acceptors (Lipinski definition) is 21. The molecule has 3 unspecified atom stereocenters. The SMILES string of the molecule is C=CCO[C@@H]1O[C@H](CO)[C@H](O[C@@H]2O[C@H](COCc3ccccc3)[C@@H](OCc3ccccc3)[C@H](OCc3ccccc3)C2O[C@H]2O[C@H](COCc3ccccc3)[C@@H](OCc3ccccc3)[C@@H](OCc3ccccc3)[C@H]2N=[N+]=[N-])[C@H](OC2O[C@H](COCc3ccccc3)[C@@H](OCc3ccccc3)[C@H](OCc3ccccc3)[C@H]2OCc2ccccc2)C1OCc1ccccc1. The monoisotopic (exact) mass is 1720 g/mol. The van der Waals surface area contributed by atoms with Gasteiger partial charge in [-0.25, -0.2) is 0 Å². The third-order valence-corrected chi connectivity index (χ3v) is 22.5. The Morgan fingerprint density at radius 3 is 0.803 bits per heavy atom. The van der Waals surface area contributed by atoms with E-state index in [4.69, 9.17) is 90.0 Å². The molecule has 0 amide bonds. The molecular formula is C104H111N3O20. The highest BCUT2D eigenvalue weighted by atomic mass is 16.8. The normalized spacial score (nSPS) is 25.9. The second-order valence-electron chi connectivity index (χ2n) is 31.6. The van der Waals surface area contributed by atoms with E-state index in [-0.39, 0.29) is 99.1 Å². The third-order valence-electron chi connectivity index (χ3n) is 22.5. The maximum absolute atomic E-state index is 12.5. The van der Waals surface area contributed by atoms with Gasteiger partial charge in [0.25, 0.3) is 0 Å². The van der Waals surface area contributed by atoms with Crippen molar-refractivity contribution in [3.8, 4) is 0 Å². The Kier molecular flexibility index (Phi) is 35.5. The minimum atomic E-state index is -1.68. The molecule has 0 saturated carbocycles. The van der Waals surface area contributed by atoms with Crippen LogP contribution in [0.5, 0.6) is 0 Å². The van der Waals surface area contributed by atoms with Gasteiger partial charge in [-0.05, 0) is 66.7 Å². The molecule has 662 valence electrons. The Hall–Kier alpha value is -10.3. The Morgan fingerprint density at radius 1 is 0.260 bits per heavy atom. The number of aliphatic hydroxyl groups is 1. The molecule has 0 radical (unpaired) electrons. The number of nitrogens with zero attached hydrogens (tertiary/aromatic N) is 3. The van der Waals surface area contributed by atoms with Crippen molar-refractivity contribution in [3.63, 3.8) is 0 Å². The van der Waals surface area contributed by atoms with Crippen molar-refractivity contribution in [3.05, 3.63) is 418 Å². The number of azide groups is 1. The molecule has 1 N–H and O–H groups in total. The molecule has 127 heavy (non-hydrogen) atoms. The molecule has 0 aromatic heterocycles. The molecule has 11 aromatic rings. The number of ether oxygens (including phenoxy) is 19. The Bertz CT molecular complexity index is 4950. The number of hydrogen-bond donors (Lipinski definition) is 1. The second-order valence-corrected chi connectivity index (χ2v) is 31.6. The summed E-state index contributed by atoms with van der Waals surface area (Å²) in [6.45, 7) is 4.13. The standard InChI is InChI=1S/C104H111N3O20/c1-2-58-112-102-99(120-70-84-56-34-13-35-57-84)97(126-103-98(119-69-83-54-32-12-33-55-83)95(117-67-81-50-28-10-29-51-81)91(114-64-78-44-22-7-23-45-78)87(123-103)72-110-61-75-38-16-4-17-39-75)93(85(59-108)121-102)125-104-100(96(118-68-82-52-30-11-31-53-82)92(115-65-79-46-24-8-25-47-79)88(124-104)73-111-62-76-40-18-5-19-41-76)127-101-89(106-107-105)94(116-66-80-48-26-9-27-49-80)90(113-63-77-42-20-6-21-43-77)86(122-101)71-109-60-74-36-14-3-15-37-74/h2-57,85-104,108H,1,58-73H2/t85-,86-,87-,88-,89-,90-,91-,92-,93+,94+,95+,96+,97+,98-,99?,100?,101-,102-,103?,104+/m1/s1. The van der Waals surface area contributed by atoms with Crippen LogP contribution in [-0.2, 0) is 163 Å². The molecule has 4 fully saturated rings. The van der Waals surface area contributed by atoms with Crippen molar-refractivity contribution in [2.24, 2.45) is 5.11 Å². The van der Waals surface area contributed by atoms with Gasteiger partial charge in [-0.2, -0.15) is 0 Å². The fourth-order valence-corrected chi connectivity index (χ4v) is 16.1. The first-order valence-corrected chi connectivity index (χ1v) is 43.4. The largest absolute Gasteiger partial charge is 0.394 e. The minimum absolute atomic E-state index is 0.0151. The highest BCUT2D eigenvalue weighted by Crippen LogP contribution is 2.42. The summed E-state index contributed by atoms with van der Waals surface area (Å²) in [7, 11) is 0. The lowest BCUT2D eigenvalue weighted by atomic mass is 9.94. The van der Waals surface area contributed by atoms with Crippen LogP contribution in [-0.4, -0.2) is 161 Å². The summed E-state index contributed by atoms with van der Waals surface area (Å²) in [4.78, 5) is 3.56. The Balaban J connectivity index is 0.894. The molecular weight excluding hydrogens is 1610 g/mol. The minimum Gasteiger partial charge on any atom is -0.394 e. The zero-order chi connectivity index (χ0) is 86.7. The van der Waals surface area contributed by atoms with Gasteiger partial charge < -0.3 is 95.1 Å². The molecule has 4 heterocycles. The number of benzene rings is 11. The molecule has 15 rings (SSSR count). The van der Waals surface area contributed by atoms with Gasteiger partial charge in [0, 0.05) is 4.91 Å². The fourth-order valence-electron chi connectivity index (χ4n) is 16.1. The van der Waals surface area contributed by atoms with Crippen molar-refractivity contribution >= 4 is 0 Å². The highest BCUT2D eigenvalue weighted by molar-refractivity contribution is 5.23. The molecule has 0 spiro atoms. The Morgan fingerprint density at radius 2 is 0.496 bits per heavy atom. The van der Waals surface area contributed by atoms with Crippen LogP contribution < -0.4 is 0 Å². The van der Waals surface area contributed by atoms with Gasteiger partial charge in [-0.15, -0.1) is 6.58 Å². The lowest BCUT2D eigenvalue weighted by molar-refractivity contribution is -0.407. The van der Waals surface area contributed by atoms with Gasteiger partial charge in [-0.3, -0.25) is 0 Å². The van der Waals surface area contributed by atoms with Crippen molar-refractivity contribution in [1.82, 2.24) is 0 Å². The van der Waals surface area contributed by atoms with E-state index in [2.05, 4.69) is 16.6 Å². The summed E-state index contributed by atoms with van der Waals surface area (Å²) in [5.41, 5.74) is 20.6. The van der Waals surface area contributed by atoms with Crippen LogP contribution in [0.2, 0.25) is 0 Å². The van der Waals surface area contributed by atoms with Gasteiger partial charge in [0.05, 0.1) is 106 Å². The first kappa shape index (κ1) is 91.4. The lowest BCUT2D eigenvalue weighted by Crippen LogP contribution is -2.69. The molecule has 0 aliphatic carbocycles. The van der Waals surface area contributed by atoms with Crippen LogP contribution in [0.15, 0.2) is 351 Å². The predicted octanol–water partition coefficient (Wildman–Crippen LogP) is 17.2. The average Bonchev–Trinajstić information content (AvgIpc) is 0.755. The van der Waals surface area contributed by atoms with Crippen molar-refractivity contribution in [2.75, 3.05) is 33.0 Å². The summed E-state index contributed by atoms with van der Waals surface area (Å²) in [5, 5.41) is 17.1. The summed E-state index contributed by atoms with van der Waals surface area (Å²) in [6.07, 6.45) is -22.1. The first-order chi connectivity index (χ1) is 62.9. The lowest BCUT2D eigenvalue weighted by Gasteiger charge is -2.52. The van der Waals surface area contributed by atoms with Gasteiger partial charge in [0.15, 0.2) is 25.2 Å². The van der Waals surface area contributed by atoms with Crippen LogP contribution in [0, 0.1) is 0 Å². The van der Waals surface area contributed by atoms with Gasteiger partial charge >= 0.3 is 0 Å². The smallest absolute Gasteiger partial charge is 0.187 e. The van der Waals surface area contributed by atoms with Crippen LogP contribution in [0.1, 0.15) is 61.2 Å². The molecule has 4 aliphatic rings. The summed E-state index contributed by atoms with van der Waals surface area (Å²) in [5.74, 6) is 0. The van der Waals surface area contributed by atoms with E-state index in [1.807, 2.05) is 334 Å². The van der Waals surface area contributed by atoms with E-state index in [0.29, 0.717) is 0 Å². The molecule has 11 aromatic carbocycles. The summed E-state index contributed by atoms with van der Waals surface area (Å²) < 4.78 is 139. The van der Waals surface area contributed by atoms with E-state index < -0.39 is 129 Å². The van der Waals surface area contributed by atoms with E-state index in [0.717, 1.165) is 61.2 Å². The summed E-state index contributed by atoms with van der Waals surface area (Å²) in [6, 6.07) is 106. The predicted molar refractivity (Wildman–Crippen MR) is 474 cm³/mol. The first-order valence-electron chi connectivity index (χ1n) is 43.4. The van der Waals surface area contributed by atoms with Crippen molar-refractivity contribution in [2.45, 2.75) is 195 Å². The van der Waals surface area contributed by atoms with E-state index >= 15 is 0 Å². The van der Waals surface area contributed by atoms with E-state index in [1.165, 1.54) is 0 Å². The van der Waals surface area contributed by atoms with Gasteiger partial charge in [0.1, 0.15) is 97.6 Å². The molecule has 23 nitrogen and oxygen atoms in total. The van der Waals surface area contributed by atoms with E-state index in [1.54, 1.807) is 6.08 Å².